The quantitative estimate of drug-likeness (QED) is 0.531. The van der Waals surface area contributed by atoms with Crippen molar-refractivity contribution in [1.29, 1.82) is 0 Å². The number of rotatable bonds is 3. The first-order chi connectivity index (χ1) is 7.70. The predicted octanol–water partition coefficient (Wildman–Crippen LogP) is -0.0225. The number of ether oxygens (including phenoxy) is 1. The fourth-order valence-corrected chi connectivity index (χ4v) is 1.40. The van der Waals surface area contributed by atoms with Gasteiger partial charge in [0.25, 0.3) is 11.8 Å². The average molecular weight is 223 g/mol. The topological polar surface area (TPSA) is 76.8 Å². The van der Waals surface area contributed by atoms with Gasteiger partial charge in [-0.25, -0.2) is 0 Å². The zero-order valence-corrected chi connectivity index (χ0v) is 8.34. The van der Waals surface area contributed by atoms with Crippen molar-refractivity contribution in [2.75, 3.05) is 13.2 Å². The van der Waals surface area contributed by atoms with Crippen LogP contribution in [0.2, 0.25) is 0 Å². The molecule has 0 unspecified atom stereocenters. The number of nitrogens with zero attached hydrogens (tertiary/aromatic N) is 1. The van der Waals surface area contributed by atoms with Crippen molar-refractivity contribution >= 4 is 18.1 Å². The lowest BCUT2D eigenvalue weighted by atomic mass is 10.3. The van der Waals surface area contributed by atoms with E-state index in [1.807, 2.05) is 0 Å². The van der Waals surface area contributed by atoms with Crippen molar-refractivity contribution < 1.29 is 23.5 Å². The lowest BCUT2D eigenvalue weighted by Crippen LogP contribution is -2.45. The minimum Gasteiger partial charge on any atom is -0.456 e. The van der Waals surface area contributed by atoms with Crippen LogP contribution in [0, 0.1) is 0 Å². The number of amides is 2. The third-order valence-electron chi connectivity index (χ3n) is 2.17. The molecule has 0 atom stereocenters. The van der Waals surface area contributed by atoms with Crippen molar-refractivity contribution in [3.63, 3.8) is 0 Å². The van der Waals surface area contributed by atoms with Gasteiger partial charge in [0.05, 0.1) is 6.54 Å². The first kappa shape index (κ1) is 10.6. The summed E-state index contributed by atoms with van der Waals surface area (Å²) in [5.74, 6) is -0.241. The van der Waals surface area contributed by atoms with Crippen LogP contribution in [-0.2, 0) is 20.9 Å². The van der Waals surface area contributed by atoms with Gasteiger partial charge in [-0.1, -0.05) is 0 Å². The van der Waals surface area contributed by atoms with Crippen molar-refractivity contribution in [2.45, 2.75) is 6.54 Å². The zero-order valence-electron chi connectivity index (χ0n) is 8.34. The Morgan fingerprint density at radius 2 is 1.94 bits per heavy atom. The summed E-state index contributed by atoms with van der Waals surface area (Å²) in [5.41, 5.74) is 0. The van der Waals surface area contributed by atoms with Gasteiger partial charge in [-0.2, -0.15) is 0 Å². The monoisotopic (exact) mass is 223 g/mol. The normalized spacial score (nSPS) is 16.6. The van der Waals surface area contributed by atoms with Crippen LogP contribution in [0.1, 0.15) is 16.3 Å². The molecule has 0 bridgehead atoms. The van der Waals surface area contributed by atoms with E-state index in [1.54, 1.807) is 6.07 Å². The molecule has 1 fully saturated rings. The highest BCUT2D eigenvalue weighted by atomic mass is 16.5. The lowest BCUT2D eigenvalue weighted by Gasteiger charge is -2.23. The number of morpholine rings is 1. The van der Waals surface area contributed by atoms with Gasteiger partial charge in [0.2, 0.25) is 0 Å². The molecular weight excluding hydrogens is 214 g/mol. The molecule has 6 nitrogen and oxygen atoms in total. The Hall–Kier alpha value is -1.95. The Balaban J connectivity index is 2.10. The molecule has 0 spiro atoms. The molecule has 0 aromatic carbocycles. The van der Waals surface area contributed by atoms with E-state index >= 15 is 0 Å². The summed E-state index contributed by atoms with van der Waals surface area (Å²) in [6.45, 7) is -0.172. The second-order valence-electron chi connectivity index (χ2n) is 3.29. The minimum atomic E-state index is -0.402. The molecule has 2 rings (SSSR count). The highest BCUT2D eigenvalue weighted by molar-refractivity contribution is 5.98. The molecule has 1 aliphatic rings. The smallest absolute Gasteiger partial charge is 0.255 e. The number of carbonyl (C=O) groups excluding carboxylic acids is 3. The summed E-state index contributed by atoms with van der Waals surface area (Å²) >= 11 is 0. The van der Waals surface area contributed by atoms with E-state index in [9.17, 15) is 14.4 Å². The van der Waals surface area contributed by atoms with Gasteiger partial charge in [-0.15, -0.1) is 0 Å². The van der Waals surface area contributed by atoms with Crippen molar-refractivity contribution in [1.82, 2.24) is 4.90 Å². The van der Waals surface area contributed by atoms with Crippen LogP contribution in [-0.4, -0.2) is 36.2 Å². The second-order valence-corrected chi connectivity index (χ2v) is 3.29. The van der Waals surface area contributed by atoms with Gasteiger partial charge < -0.3 is 9.15 Å². The maximum absolute atomic E-state index is 11.4. The van der Waals surface area contributed by atoms with E-state index in [4.69, 9.17) is 9.15 Å². The van der Waals surface area contributed by atoms with Gasteiger partial charge >= 0.3 is 0 Å². The average Bonchev–Trinajstić information content (AvgIpc) is 2.71. The number of furan rings is 1. The van der Waals surface area contributed by atoms with Crippen LogP contribution in [0.5, 0.6) is 0 Å². The second kappa shape index (κ2) is 4.28. The van der Waals surface area contributed by atoms with Crippen LogP contribution in [0.15, 0.2) is 16.5 Å². The van der Waals surface area contributed by atoms with Crippen LogP contribution < -0.4 is 0 Å². The van der Waals surface area contributed by atoms with Crippen LogP contribution in [0.4, 0.5) is 0 Å². The Bertz CT molecular complexity index is 420. The number of aldehydes is 1. The fourth-order valence-electron chi connectivity index (χ4n) is 1.40. The molecule has 1 aromatic rings. The summed E-state index contributed by atoms with van der Waals surface area (Å²) in [6, 6.07) is 3.04. The van der Waals surface area contributed by atoms with E-state index in [0.29, 0.717) is 12.0 Å². The Labute approximate surface area is 90.8 Å². The highest BCUT2D eigenvalue weighted by Crippen LogP contribution is 2.11. The minimum absolute atomic E-state index is 0.0366. The van der Waals surface area contributed by atoms with E-state index in [0.717, 1.165) is 4.90 Å². The van der Waals surface area contributed by atoms with Crippen molar-refractivity contribution in [2.24, 2.45) is 0 Å². The molecule has 1 aliphatic heterocycles. The molecule has 6 heteroatoms. The SMILES string of the molecule is O=Cc1ccc(CN2C(=O)COCC2=O)o1. The number of hydrogen-bond donors (Lipinski definition) is 0. The van der Waals surface area contributed by atoms with Gasteiger partial charge in [0, 0.05) is 0 Å². The molecule has 0 N–H and O–H groups in total. The maximum Gasteiger partial charge on any atom is 0.255 e. The third kappa shape index (κ3) is 2.01. The summed E-state index contributed by atoms with van der Waals surface area (Å²) < 4.78 is 9.84. The van der Waals surface area contributed by atoms with Gasteiger partial charge in [-0.05, 0) is 12.1 Å². The molecule has 1 aromatic heterocycles. The Morgan fingerprint density at radius 1 is 1.25 bits per heavy atom. The van der Waals surface area contributed by atoms with Gasteiger partial charge in [-0.3, -0.25) is 19.3 Å². The molecule has 0 aliphatic carbocycles. The summed E-state index contributed by atoms with van der Waals surface area (Å²) in [5, 5.41) is 0. The lowest BCUT2D eigenvalue weighted by molar-refractivity contribution is -0.159. The fraction of sp³-hybridized carbons (Fsp3) is 0.300. The zero-order chi connectivity index (χ0) is 11.5. The van der Waals surface area contributed by atoms with E-state index in [1.165, 1.54) is 6.07 Å². The number of imide groups is 1. The highest BCUT2D eigenvalue weighted by Gasteiger charge is 2.27. The van der Waals surface area contributed by atoms with E-state index in [-0.39, 0.29) is 25.5 Å². The molecular formula is C10H9NO5. The summed E-state index contributed by atoms with van der Waals surface area (Å²) in [4.78, 5) is 34.1. The summed E-state index contributed by atoms with van der Waals surface area (Å²) in [6.07, 6.45) is 0.562. The third-order valence-corrected chi connectivity index (χ3v) is 2.17. The van der Waals surface area contributed by atoms with Gasteiger partial charge in [0.1, 0.15) is 19.0 Å². The van der Waals surface area contributed by atoms with E-state index < -0.39 is 11.8 Å². The maximum atomic E-state index is 11.4. The number of hydrogen-bond acceptors (Lipinski definition) is 5. The molecule has 0 saturated carbocycles. The first-order valence-corrected chi connectivity index (χ1v) is 4.65. The van der Waals surface area contributed by atoms with Crippen molar-refractivity contribution in [3.8, 4) is 0 Å². The molecule has 16 heavy (non-hydrogen) atoms. The largest absolute Gasteiger partial charge is 0.456 e. The molecule has 1 saturated heterocycles. The Morgan fingerprint density at radius 3 is 2.50 bits per heavy atom. The molecule has 84 valence electrons. The number of carbonyl (C=O) groups is 3. The molecule has 2 amide bonds. The van der Waals surface area contributed by atoms with Crippen LogP contribution in [0.25, 0.3) is 0 Å². The van der Waals surface area contributed by atoms with Gasteiger partial charge in [0.15, 0.2) is 12.0 Å². The van der Waals surface area contributed by atoms with Crippen molar-refractivity contribution in [3.05, 3.63) is 23.7 Å². The van der Waals surface area contributed by atoms with Crippen LogP contribution in [0.3, 0.4) is 0 Å². The molecule has 2 heterocycles. The Kier molecular flexibility index (Phi) is 2.82. The standard InChI is InChI=1S/C10H9NO5/c12-4-8-2-1-7(16-8)3-11-9(13)5-15-6-10(11)14/h1-2,4H,3,5-6H2. The predicted molar refractivity (Wildman–Crippen MR) is 50.5 cm³/mol. The molecule has 0 radical (unpaired) electrons. The van der Waals surface area contributed by atoms with Crippen LogP contribution >= 0.6 is 0 Å². The first-order valence-electron chi connectivity index (χ1n) is 4.65. The summed E-state index contributed by atoms with van der Waals surface area (Å²) in [7, 11) is 0. The van der Waals surface area contributed by atoms with E-state index in [2.05, 4.69) is 0 Å².